The van der Waals surface area contributed by atoms with Gasteiger partial charge in [0.2, 0.25) is 5.91 Å². The number of aromatic amines is 1. The first-order chi connectivity index (χ1) is 17.0. The van der Waals surface area contributed by atoms with Crippen molar-refractivity contribution in [3.63, 3.8) is 0 Å². The lowest BCUT2D eigenvalue weighted by atomic mass is 9.95. The van der Waals surface area contributed by atoms with Crippen LogP contribution in [0.2, 0.25) is 0 Å². The standard InChI is InChI=1S/C27H34N6OS/c1-17(2)24-25(20-12-18(3)27-28-16-29-33(27)14-20)30-21-13-22(35-26(21)24)19-6-10-32(11-7-19)23(34)15-31-8-4-5-9-31/h12-14,16-17,19,30H,4-11,15H2,1-3H3. The molecule has 1 N–H and O–H groups in total. The Balaban J connectivity index is 1.23. The third-order valence-electron chi connectivity index (χ3n) is 7.76. The molecule has 6 rings (SSSR count). The number of aryl methyl sites for hydroxylation is 1. The van der Waals surface area contributed by atoms with Crippen LogP contribution in [0.1, 0.15) is 67.4 Å². The van der Waals surface area contributed by atoms with Gasteiger partial charge in [-0.05, 0) is 80.8 Å². The van der Waals surface area contributed by atoms with Gasteiger partial charge in [0.05, 0.1) is 22.5 Å². The van der Waals surface area contributed by atoms with Crippen LogP contribution in [0.5, 0.6) is 0 Å². The molecule has 2 aliphatic heterocycles. The highest BCUT2D eigenvalue weighted by atomic mass is 32.1. The van der Waals surface area contributed by atoms with Crippen LogP contribution in [0.3, 0.4) is 0 Å². The summed E-state index contributed by atoms with van der Waals surface area (Å²) in [5.74, 6) is 1.26. The molecular weight excluding hydrogens is 456 g/mol. The first-order valence-electron chi connectivity index (χ1n) is 12.9. The number of carbonyl (C=O) groups excluding carboxylic acids is 1. The number of thiophene rings is 1. The minimum absolute atomic E-state index is 0.315. The molecule has 0 saturated carbocycles. The first kappa shape index (κ1) is 22.7. The van der Waals surface area contributed by atoms with Gasteiger partial charge < -0.3 is 9.88 Å². The SMILES string of the molecule is Cc1cc(-c2[nH]c3cc(C4CCN(C(=O)CN5CCCC5)CC4)sc3c2C(C)C)cn2ncnc12. The van der Waals surface area contributed by atoms with Crippen LogP contribution in [0.4, 0.5) is 0 Å². The first-order valence-corrected chi connectivity index (χ1v) is 13.8. The number of hydrogen-bond acceptors (Lipinski definition) is 5. The Morgan fingerprint density at radius 3 is 2.69 bits per heavy atom. The molecule has 184 valence electrons. The molecule has 6 heterocycles. The zero-order valence-corrected chi connectivity index (χ0v) is 21.7. The van der Waals surface area contributed by atoms with E-state index in [1.807, 2.05) is 15.9 Å². The Labute approximate surface area is 210 Å². The maximum Gasteiger partial charge on any atom is 0.236 e. The monoisotopic (exact) mass is 490 g/mol. The summed E-state index contributed by atoms with van der Waals surface area (Å²) < 4.78 is 3.24. The van der Waals surface area contributed by atoms with E-state index >= 15 is 0 Å². The predicted molar refractivity (Wildman–Crippen MR) is 141 cm³/mol. The van der Waals surface area contributed by atoms with Crippen molar-refractivity contribution in [1.82, 2.24) is 29.4 Å². The van der Waals surface area contributed by atoms with Crippen LogP contribution in [0, 0.1) is 6.92 Å². The van der Waals surface area contributed by atoms with E-state index in [9.17, 15) is 4.79 Å². The Morgan fingerprint density at radius 1 is 1.17 bits per heavy atom. The van der Waals surface area contributed by atoms with Gasteiger partial charge in [-0.2, -0.15) is 5.10 Å². The molecule has 4 aromatic heterocycles. The molecule has 2 fully saturated rings. The maximum absolute atomic E-state index is 12.7. The minimum Gasteiger partial charge on any atom is -0.354 e. The number of fused-ring (bicyclic) bond motifs is 2. The summed E-state index contributed by atoms with van der Waals surface area (Å²) in [6.07, 6.45) is 8.26. The minimum atomic E-state index is 0.315. The molecule has 0 aromatic carbocycles. The van der Waals surface area contributed by atoms with Crippen LogP contribution in [0.25, 0.3) is 27.1 Å². The quantitative estimate of drug-likeness (QED) is 0.419. The molecular formula is C27H34N6OS. The summed E-state index contributed by atoms with van der Waals surface area (Å²) in [5.41, 5.74) is 6.98. The van der Waals surface area contributed by atoms with Gasteiger partial charge in [-0.3, -0.25) is 9.69 Å². The molecule has 0 radical (unpaired) electrons. The molecule has 2 saturated heterocycles. The van der Waals surface area contributed by atoms with Crippen LogP contribution in [-0.4, -0.2) is 68.0 Å². The van der Waals surface area contributed by atoms with Crippen molar-refractivity contribution < 1.29 is 4.79 Å². The van der Waals surface area contributed by atoms with Crippen LogP contribution >= 0.6 is 11.3 Å². The Morgan fingerprint density at radius 2 is 1.94 bits per heavy atom. The molecule has 0 spiro atoms. The number of H-pyrrole nitrogens is 1. The van der Waals surface area contributed by atoms with Gasteiger partial charge in [-0.1, -0.05) is 13.8 Å². The fourth-order valence-corrected chi connectivity index (χ4v) is 7.36. The maximum atomic E-state index is 12.7. The van der Waals surface area contributed by atoms with Crippen molar-refractivity contribution in [2.75, 3.05) is 32.7 Å². The van der Waals surface area contributed by atoms with Gasteiger partial charge in [0, 0.05) is 29.7 Å². The van der Waals surface area contributed by atoms with E-state index < -0.39 is 0 Å². The fraction of sp³-hybridized carbons (Fsp3) is 0.519. The molecule has 7 nitrogen and oxygen atoms in total. The van der Waals surface area contributed by atoms with Crippen molar-refractivity contribution in [2.45, 2.75) is 58.3 Å². The lowest BCUT2D eigenvalue weighted by Crippen LogP contribution is -2.43. The normalized spacial score (nSPS) is 18.0. The van der Waals surface area contributed by atoms with E-state index in [2.05, 4.69) is 64.0 Å². The molecule has 0 atom stereocenters. The number of carbonyl (C=O) groups is 1. The van der Waals surface area contributed by atoms with E-state index in [-0.39, 0.29) is 0 Å². The van der Waals surface area contributed by atoms with Crippen molar-refractivity contribution in [2.24, 2.45) is 0 Å². The largest absolute Gasteiger partial charge is 0.354 e. The third-order valence-corrected chi connectivity index (χ3v) is 9.09. The summed E-state index contributed by atoms with van der Waals surface area (Å²) in [6, 6.07) is 4.57. The zero-order valence-electron chi connectivity index (χ0n) is 20.9. The van der Waals surface area contributed by atoms with Gasteiger partial charge in [0.25, 0.3) is 0 Å². The fourth-order valence-electron chi connectivity index (χ4n) is 5.87. The molecule has 0 aliphatic carbocycles. The average Bonchev–Trinajstić information content (AvgIpc) is 3.62. The molecule has 2 aliphatic rings. The number of nitrogens with one attached hydrogen (secondary N) is 1. The second kappa shape index (κ2) is 9.06. The summed E-state index contributed by atoms with van der Waals surface area (Å²) in [5, 5.41) is 4.37. The molecule has 35 heavy (non-hydrogen) atoms. The van der Waals surface area contributed by atoms with Crippen molar-refractivity contribution in [3.8, 4) is 11.3 Å². The number of amides is 1. The highest BCUT2D eigenvalue weighted by molar-refractivity contribution is 7.19. The van der Waals surface area contributed by atoms with E-state index in [1.54, 1.807) is 6.33 Å². The number of pyridine rings is 1. The van der Waals surface area contributed by atoms with Gasteiger partial charge in [-0.25, -0.2) is 9.50 Å². The molecule has 1 amide bonds. The second-order valence-corrected chi connectivity index (χ2v) is 11.6. The molecule has 4 aromatic rings. The molecule has 0 bridgehead atoms. The average molecular weight is 491 g/mol. The van der Waals surface area contributed by atoms with Gasteiger partial charge in [0.15, 0.2) is 5.65 Å². The molecule has 0 unspecified atom stereocenters. The number of piperidine rings is 1. The lowest BCUT2D eigenvalue weighted by molar-refractivity contribution is -0.133. The number of rotatable bonds is 5. The zero-order chi connectivity index (χ0) is 24.1. The van der Waals surface area contributed by atoms with Gasteiger partial charge in [0.1, 0.15) is 6.33 Å². The highest BCUT2D eigenvalue weighted by Crippen LogP contribution is 2.43. The number of likely N-dealkylation sites (tertiary alicyclic amines) is 2. The van der Waals surface area contributed by atoms with E-state index in [1.165, 1.54) is 39.2 Å². The summed E-state index contributed by atoms with van der Waals surface area (Å²) in [7, 11) is 0. The Kier molecular flexibility index (Phi) is 5.89. The second-order valence-electron chi connectivity index (χ2n) is 10.5. The van der Waals surface area contributed by atoms with Crippen molar-refractivity contribution in [3.05, 3.63) is 40.7 Å². The van der Waals surface area contributed by atoms with Crippen molar-refractivity contribution in [1.29, 1.82) is 0 Å². The van der Waals surface area contributed by atoms with Crippen LogP contribution in [-0.2, 0) is 4.79 Å². The van der Waals surface area contributed by atoms with Crippen LogP contribution < -0.4 is 0 Å². The number of hydrogen-bond donors (Lipinski definition) is 1. The smallest absolute Gasteiger partial charge is 0.236 e. The highest BCUT2D eigenvalue weighted by Gasteiger charge is 2.28. The van der Waals surface area contributed by atoms with E-state index in [0.717, 1.165) is 55.8 Å². The Bertz CT molecular complexity index is 1370. The van der Waals surface area contributed by atoms with Gasteiger partial charge >= 0.3 is 0 Å². The van der Waals surface area contributed by atoms with Crippen LogP contribution in [0.15, 0.2) is 24.7 Å². The summed E-state index contributed by atoms with van der Waals surface area (Å²) >= 11 is 1.94. The summed E-state index contributed by atoms with van der Waals surface area (Å²) in [4.78, 5) is 26.7. The van der Waals surface area contributed by atoms with Gasteiger partial charge in [-0.15, -0.1) is 11.3 Å². The lowest BCUT2D eigenvalue weighted by Gasteiger charge is -2.32. The molecule has 8 heteroatoms. The predicted octanol–water partition coefficient (Wildman–Crippen LogP) is 5.17. The number of aromatic nitrogens is 4. The summed E-state index contributed by atoms with van der Waals surface area (Å²) in [6.45, 7) is 11.2. The van der Waals surface area contributed by atoms with E-state index in [0.29, 0.717) is 24.3 Å². The Hall–Kier alpha value is -2.71. The topological polar surface area (TPSA) is 69.5 Å². The van der Waals surface area contributed by atoms with E-state index in [4.69, 9.17) is 0 Å². The van der Waals surface area contributed by atoms with Crippen molar-refractivity contribution >= 4 is 33.1 Å². The third kappa shape index (κ3) is 4.16. The number of nitrogens with zero attached hydrogens (tertiary/aromatic N) is 5.